The molecule has 2 atom stereocenters. The molecule has 23 heavy (non-hydrogen) atoms. The molecule has 1 aromatic rings. The zero-order chi connectivity index (χ0) is 17.2. The molecule has 1 saturated heterocycles. The maximum atomic E-state index is 12.2. The Kier molecular flexibility index (Phi) is 5.42. The summed E-state index contributed by atoms with van der Waals surface area (Å²) in [5.74, 6) is 0.868. The third-order valence-corrected chi connectivity index (χ3v) is 4.17. The van der Waals surface area contributed by atoms with Crippen LogP contribution in [0.4, 0.5) is 4.79 Å². The molecule has 0 aromatic heterocycles. The van der Waals surface area contributed by atoms with Crippen LogP contribution in [-0.2, 0) is 4.74 Å². The van der Waals surface area contributed by atoms with Crippen molar-refractivity contribution in [2.75, 3.05) is 20.2 Å². The Morgan fingerprint density at radius 1 is 1.43 bits per heavy atom. The quantitative estimate of drug-likeness (QED) is 0.913. The average Bonchev–Trinajstić information content (AvgIpc) is 2.94. The normalized spacial score (nSPS) is 19.6. The highest BCUT2D eigenvalue weighted by Crippen LogP contribution is 2.35. The van der Waals surface area contributed by atoms with Gasteiger partial charge in [-0.25, -0.2) is 4.79 Å². The number of nitrogens with zero attached hydrogens (tertiary/aromatic N) is 1. The van der Waals surface area contributed by atoms with Crippen molar-refractivity contribution in [1.29, 1.82) is 0 Å². The molecule has 5 nitrogen and oxygen atoms in total. The van der Waals surface area contributed by atoms with Crippen molar-refractivity contribution < 1.29 is 14.3 Å². The number of nitrogens with two attached hydrogens (primary N) is 1. The topological polar surface area (TPSA) is 64.8 Å². The van der Waals surface area contributed by atoms with Gasteiger partial charge < -0.3 is 20.1 Å². The molecule has 1 heterocycles. The molecule has 2 rings (SSSR count). The van der Waals surface area contributed by atoms with Gasteiger partial charge in [0.25, 0.3) is 0 Å². The maximum absolute atomic E-state index is 12.2. The second-order valence-corrected chi connectivity index (χ2v) is 7.32. The molecular weight excluding hydrogens is 316 g/mol. The lowest BCUT2D eigenvalue weighted by Crippen LogP contribution is -2.36. The minimum Gasteiger partial charge on any atom is -0.496 e. The third-order valence-electron chi connectivity index (χ3n) is 3.94. The Morgan fingerprint density at radius 2 is 2.13 bits per heavy atom. The first-order chi connectivity index (χ1) is 10.7. The van der Waals surface area contributed by atoms with Gasteiger partial charge in [-0.15, -0.1) is 0 Å². The van der Waals surface area contributed by atoms with E-state index in [4.69, 9.17) is 26.8 Å². The van der Waals surface area contributed by atoms with Gasteiger partial charge in [-0.1, -0.05) is 11.6 Å². The van der Waals surface area contributed by atoms with Gasteiger partial charge >= 0.3 is 6.09 Å². The molecule has 6 heteroatoms. The van der Waals surface area contributed by atoms with Crippen molar-refractivity contribution >= 4 is 17.7 Å². The predicted octanol–water partition coefficient (Wildman–Crippen LogP) is 3.61. The summed E-state index contributed by atoms with van der Waals surface area (Å²) in [6.07, 6.45) is 0.543. The molecule has 2 N–H and O–H groups in total. The van der Waals surface area contributed by atoms with E-state index in [1.54, 1.807) is 18.1 Å². The monoisotopic (exact) mass is 340 g/mol. The van der Waals surface area contributed by atoms with Gasteiger partial charge in [-0.05, 0) is 51.3 Å². The highest BCUT2D eigenvalue weighted by atomic mass is 35.5. The van der Waals surface area contributed by atoms with Gasteiger partial charge in [-0.3, -0.25) is 0 Å². The van der Waals surface area contributed by atoms with Crippen LogP contribution in [0.25, 0.3) is 0 Å². The average molecular weight is 341 g/mol. The Labute approximate surface area is 142 Å². The van der Waals surface area contributed by atoms with Crippen LogP contribution >= 0.6 is 11.6 Å². The standard InChI is InChI=1S/C17H25ClN2O3/c1-17(2,3)23-16(21)20-8-7-11(10-20)15(19)13-9-12(18)5-6-14(13)22-4/h5-6,9,11,15H,7-8,10,19H2,1-4H3. The first kappa shape index (κ1) is 17.9. The summed E-state index contributed by atoms with van der Waals surface area (Å²) in [7, 11) is 1.61. The van der Waals surface area contributed by atoms with E-state index < -0.39 is 5.60 Å². The highest BCUT2D eigenvalue weighted by molar-refractivity contribution is 6.30. The Morgan fingerprint density at radius 3 is 2.74 bits per heavy atom. The number of methoxy groups -OCH3 is 1. The summed E-state index contributed by atoms with van der Waals surface area (Å²) in [5.41, 5.74) is 6.80. The molecule has 128 valence electrons. The van der Waals surface area contributed by atoms with Gasteiger partial charge in [0.2, 0.25) is 0 Å². The van der Waals surface area contributed by atoms with Crippen molar-refractivity contribution in [3.8, 4) is 5.75 Å². The van der Waals surface area contributed by atoms with E-state index in [2.05, 4.69) is 0 Å². The molecule has 0 spiro atoms. The SMILES string of the molecule is COc1ccc(Cl)cc1C(N)C1CCN(C(=O)OC(C)(C)C)C1. The van der Waals surface area contributed by atoms with Crippen LogP contribution in [0.3, 0.4) is 0 Å². The Hall–Kier alpha value is -1.46. The van der Waals surface area contributed by atoms with Gasteiger partial charge in [0.05, 0.1) is 7.11 Å². The van der Waals surface area contributed by atoms with Crippen molar-refractivity contribution in [1.82, 2.24) is 4.90 Å². The van der Waals surface area contributed by atoms with E-state index in [1.807, 2.05) is 32.9 Å². The number of amides is 1. The molecule has 0 radical (unpaired) electrons. The second-order valence-electron chi connectivity index (χ2n) is 6.89. The molecule has 1 aliphatic heterocycles. The minimum atomic E-state index is -0.493. The van der Waals surface area contributed by atoms with Gasteiger partial charge in [0.15, 0.2) is 0 Å². The number of carbonyl (C=O) groups excluding carboxylic acids is 1. The number of hydrogen-bond donors (Lipinski definition) is 1. The fourth-order valence-electron chi connectivity index (χ4n) is 2.79. The lowest BCUT2D eigenvalue weighted by Gasteiger charge is -2.25. The molecule has 0 aliphatic carbocycles. The van der Waals surface area contributed by atoms with Crippen molar-refractivity contribution in [2.24, 2.45) is 11.7 Å². The second kappa shape index (κ2) is 6.97. The molecule has 1 aromatic carbocycles. The van der Waals surface area contributed by atoms with Crippen LogP contribution in [0, 0.1) is 5.92 Å². The van der Waals surface area contributed by atoms with Crippen molar-refractivity contribution in [2.45, 2.75) is 38.8 Å². The zero-order valence-electron chi connectivity index (χ0n) is 14.1. The molecule has 1 amide bonds. The molecule has 2 unspecified atom stereocenters. The number of hydrogen-bond acceptors (Lipinski definition) is 4. The van der Waals surface area contributed by atoms with E-state index in [0.717, 1.165) is 17.7 Å². The molecule has 0 bridgehead atoms. The number of carbonyl (C=O) groups is 1. The van der Waals surface area contributed by atoms with E-state index in [9.17, 15) is 4.79 Å². The number of likely N-dealkylation sites (tertiary alicyclic amines) is 1. The molecule has 1 fully saturated rings. The summed E-state index contributed by atoms with van der Waals surface area (Å²) in [4.78, 5) is 13.9. The predicted molar refractivity (Wildman–Crippen MR) is 90.8 cm³/mol. The zero-order valence-corrected chi connectivity index (χ0v) is 14.9. The summed E-state index contributed by atoms with van der Waals surface area (Å²) in [5, 5.41) is 0.623. The summed E-state index contributed by atoms with van der Waals surface area (Å²) >= 11 is 6.08. The number of ether oxygens (including phenoxy) is 2. The Bertz CT molecular complexity index is 571. The first-order valence-corrected chi connectivity index (χ1v) is 8.16. The lowest BCUT2D eigenvalue weighted by atomic mass is 9.92. The van der Waals surface area contributed by atoms with Crippen LogP contribution in [0.5, 0.6) is 5.75 Å². The number of halogens is 1. The Balaban J connectivity index is 2.07. The van der Waals surface area contributed by atoms with Crippen LogP contribution in [0.15, 0.2) is 18.2 Å². The summed E-state index contributed by atoms with van der Waals surface area (Å²) in [6, 6.07) is 5.19. The van der Waals surface area contributed by atoms with Gasteiger partial charge in [0, 0.05) is 29.7 Å². The van der Waals surface area contributed by atoms with Crippen LogP contribution in [0.2, 0.25) is 5.02 Å². The maximum Gasteiger partial charge on any atom is 0.410 e. The largest absolute Gasteiger partial charge is 0.496 e. The van der Waals surface area contributed by atoms with Crippen LogP contribution < -0.4 is 10.5 Å². The first-order valence-electron chi connectivity index (χ1n) is 7.78. The summed E-state index contributed by atoms with van der Waals surface area (Å²) in [6.45, 7) is 6.81. The smallest absolute Gasteiger partial charge is 0.410 e. The highest BCUT2D eigenvalue weighted by Gasteiger charge is 2.34. The molecule has 0 saturated carbocycles. The third kappa shape index (κ3) is 4.52. The van der Waals surface area contributed by atoms with Crippen molar-refractivity contribution in [3.63, 3.8) is 0 Å². The van der Waals surface area contributed by atoms with E-state index in [1.165, 1.54) is 0 Å². The number of rotatable bonds is 3. The van der Waals surface area contributed by atoms with Crippen LogP contribution in [-0.4, -0.2) is 36.8 Å². The van der Waals surface area contributed by atoms with E-state index in [0.29, 0.717) is 18.1 Å². The van der Waals surface area contributed by atoms with Crippen molar-refractivity contribution in [3.05, 3.63) is 28.8 Å². The number of benzene rings is 1. The van der Waals surface area contributed by atoms with E-state index in [-0.39, 0.29) is 18.1 Å². The van der Waals surface area contributed by atoms with E-state index >= 15 is 0 Å². The fourth-order valence-corrected chi connectivity index (χ4v) is 2.97. The van der Waals surface area contributed by atoms with Gasteiger partial charge in [-0.2, -0.15) is 0 Å². The van der Waals surface area contributed by atoms with Crippen LogP contribution in [0.1, 0.15) is 38.8 Å². The molecular formula is C17H25ClN2O3. The molecule has 1 aliphatic rings. The minimum absolute atomic E-state index is 0.148. The van der Waals surface area contributed by atoms with Gasteiger partial charge in [0.1, 0.15) is 11.4 Å². The fraction of sp³-hybridized carbons (Fsp3) is 0.588. The lowest BCUT2D eigenvalue weighted by molar-refractivity contribution is 0.0286. The summed E-state index contributed by atoms with van der Waals surface area (Å²) < 4.78 is 10.8.